The van der Waals surface area contributed by atoms with Gasteiger partial charge in [-0.3, -0.25) is 0 Å². The Kier molecular flexibility index (Phi) is 26.2. The van der Waals surface area contributed by atoms with Gasteiger partial charge in [0.25, 0.3) is 0 Å². The summed E-state index contributed by atoms with van der Waals surface area (Å²) in [7, 11) is -4.15. The predicted molar refractivity (Wildman–Crippen MR) is 114 cm³/mol. The van der Waals surface area contributed by atoms with Gasteiger partial charge in [0.2, 0.25) is 0 Å². The second kappa shape index (κ2) is 23.2. The molecule has 0 heterocycles. The Bertz CT molecular complexity index is 379. The third-order valence-electron chi connectivity index (χ3n) is 5.47. The van der Waals surface area contributed by atoms with E-state index in [1.54, 1.807) is 0 Å². The van der Waals surface area contributed by atoms with Gasteiger partial charge in [0.15, 0.2) is 0 Å². The molecule has 0 saturated heterocycles. The Morgan fingerprint density at radius 2 is 0.964 bits per heavy atom. The van der Waals surface area contributed by atoms with Crippen LogP contribution in [0.3, 0.4) is 0 Å². The van der Waals surface area contributed by atoms with Crippen LogP contribution in [-0.4, -0.2) is 29.9 Å². The molecule has 6 heteroatoms. The standard InChI is InChI=1S/C22H46O4S.K/c1-2-3-4-5-6-7-10-13-16-19-22(27(24,25)26)20-17-14-11-8-9-12-15-18-21-23;/h22-23H,2-21H2,1H3,(H,24,25,26);/q;+1/p-1. The summed E-state index contributed by atoms with van der Waals surface area (Å²) in [6.45, 7) is 2.51. The van der Waals surface area contributed by atoms with Gasteiger partial charge in [0.05, 0.1) is 10.1 Å². The van der Waals surface area contributed by atoms with E-state index in [0.29, 0.717) is 12.8 Å². The van der Waals surface area contributed by atoms with Crippen LogP contribution in [-0.2, 0) is 10.1 Å². The van der Waals surface area contributed by atoms with Crippen molar-refractivity contribution in [3.05, 3.63) is 0 Å². The van der Waals surface area contributed by atoms with Gasteiger partial charge in [0, 0.05) is 11.9 Å². The summed E-state index contributed by atoms with van der Waals surface area (Å²) >= 11 is 0. The van der Waals surface area contributed by atoms with Crippen LogP contribution in [0.1, 0.15) is 129 Å². The smallest absolute Gasteiger partial charge is 0.748 e. The number of rotatable bonds is 21. The maximum Gasteiger partial charge on any atom is 1.00 e. The van der Waals surface area contributed by atoms with Crippen molar-refractivity contribution in [2.75, 3.05) is 6.61 Å². The molecule has 1 N–H and O–H groups in total. The Morgan fingerprint density at radius 3 is 1.29 bits per heavy atom. The van der Waals surface area contributed by atoms with Crippen molar-refractivity contribution < 1.29 is 69.5 Å². The summed E-state index contributed by atoms with van der Waals surface area (Å²) < 4.78 is 34.5. The average molecular weight is 445 g/mol. The van der Waals surface area contributed by atoms with Crippen molar-refractivity contribution in [2.24, 2.45) is 0 Å². The largest absolute Gasteiger partial charge is 1.00 e. The summed E-state index contributed by atoms with van der Waals surface area (Å²) in [5.41, 5.74) is 0. The van der Waals surface area contributed by atoms with Gasteiger partial charge in [-0.1, -0.05) is 110 Å². The Morgan fingerprint density at radius 1 is 0.643 bits per heavy atom. The van der Waals surface area contributed by atoms with Crippen molar-refractivity contribution in [3.8, 4) is 0 Å². The first-order chi connectivity index (χ1) is 13.0. The van der Waals surface area contributed by atoms with E-state index in [2.05, 4.69) is 6.92 Å². The predicted octanol–water partition coefficient (Wildman–Crippen LogP) is 3.33. The summed E-state index contributed by atoms with van der Waals surface area (Å²) in [4.78, 5) is 0. The maximum absolute atomic E-state index is 11.5. The fourth-order valence-electron chi connectivity index (χ4n) is 3.66. The van der Waals surface area contributed by atoms with E-state index >= 15 is 0 Å². The number of hydrogen-bond donors (Lipinski definition) is 1. The molecule has 0 aliphatic heterocycles. The van der Waals surface area contributed by atoms with Gasteiger partial charge in [-0.25, -0.2) is 8.42 Å². The molecule has 0 bridgehead atoms. The summed E-state index contributed by atoms with van der Waals surface area (Å²) in [6, 6.07) is 0. The van der Waals surface area contributed by atoms with Crippen LogP contribution in [0.2, 0.25) is 0 Å². The van der Waals surface area contributed by atoms with E-state index in [1.807, 2.05) is 0 Å². The first-order valence-corrected chi connectivity index (χ1v) is 13.0. The molecule has 0 rings (SSSR count). The molecule has 0 aromatic carbocycles. The minimum absolute atomic E-state index is 0. The molecule has 0 saturated carbocycles. The van der Waals surface area contributed by atoms with Crippen molar-refractivity contribution >= 4 is 10.1 Å². The first-order valence-electron chi connectivity index (χ1n) is 11.6. The van der Waals surface area contributed by atoms with Crippen LogP contribution >= 0.6 is 0 Å². The van der Waals surface area contributed by atoms with Crippen LogP contribution in [0.4, 0.5) is 0 Å². The average Bonchev–Trinajstić information content (AvgIpc) is 2.62. The molecule has 0 spiro atoms. The summed E-state index contributed by atoms with van der Waals surface area (Å²) in [6.07, 6.45) is 20.4. The van der Waals surface area contributed by atoms with Gasteiger partial charge in [-0.15, -0.1) is 0 Å². The third-order valence-corrected chi connectivity index (χ3v) is 6.76. The van der Waals surface area contributed by atoms with Crippen LogP contribution < -0.4 is 51.4 Å². The number of aliphatic hydroxyl groups is 1. The molecule has 164 valence electrons. The zero-order chi connectivity index (χ0) is 20.2. The molecule has 0 aromatic rings. The molecule has 0 aromatic heterocycles. The van der Waals surface area contributed by atoms with Gasteiger partial charge in [-0.05, 0) is 19.3 Å². The van der Waals surface area contributed by atoms with Crippen molar-refractivity contribution in [3.63, 3.8) is 0 Å². The SMILES string of the molecule is CCCCCCCCCCCC(CCCCCCCCCCO)S(=O)(=O)[O-].[K+]. The zero-order valence-corrected chi connectivity index (χ0v) is 22.7. The van der Waals surface area contributed by atoms with E-state index in [0.717, 1.165) is 57.8 Å². The van der Waals surface area contributed by atoms with Crippen LogP contribution in [0.5, 0.6) is 0 Å². The Balaban J connectivity index is 0. The monoisotopic (exact) mass is 444 g/mol. The molecule has 0 aliphatic carbocycles. The summed E-state index contributed by atoms with van der Waals surface area (Å²) in [5.74, 6) is 0. The molecule has 4 nitrogen and oxygen atoms in total. The molecular weight excluding hydrogens is 399 g/mol. The van der Waals surface area contributed by atoms with E-state index in [4.69, 9.17) is 5.11 Å². The number of hydrogen-bond acceptors (Lipinski definition) is 4. The fourth-order valence-corrected chi connectivity index (χ4v) is 4.57. The van der Waals surface area contributed by atoms with Crippen LogP contribution in [0, 0.1) is 0 Å². The molecule has 0 aliphatic rings. The van der Waals surface area contributed by atoms with Crippen LogP contribution in [0.15, 0.2) is 0 Å². The first kappa shape index (κ1) is 31.7. The van der Waals surface area contributed by atoms with E-state index in [-0.39, 0.29) is 58.0 Å². The molecule has 1 atom stereocenters. The van der Waals surface area contributed by atoms with E-state index in [9.17, 15) is 13.0 Å². The molecule has 0 fully saturated rings. The van der Waals surface area contributed by atoms with Gasteiger partial charge < -0.3 is 9.66 Å². The molecule has 28 heavy (non-hydrogen) atoms. The minimum Gasteiger partial charge on any atom is -0.748 e. The zero-order valence-electron chi connectivity index (χ0n) is 18.8. The minimum atomic E-state index is -4.15. The van der Waals surface area contributed by atoms with Crippen molar-refractivity contribution in [2.45, 2.75) is 134 Å². The van der Waals surface area contributed by atoms with E-state index < -0.39 is 15.4 Å². The van der Waals surface area contributed by atoms with Gasteiger partial charge in [0.1, 0.15) is 0 Å². The van der Waals surface area contributed by atoms with Crippen molar-refractivity contribution in [1.82, 2.24) is 0 Å². The van der Waals surface area contributed by atoms with Crippen LogP contribution in [0.25, 0.3) is 0 Å². The number of aliphatic hydroxyl groups excluding tert-OH is 1. The normalized spacial score (nSPS) is 12.7. The Hall–Kier alpha value is 1.51. The second-order valence-electron chi connectivity index (χ2n) is 8.07. The summed E-state index contributed by atoms with van der Waals surface area (Å²) in [5, 5.41) is 8.05. The fraction of sp³-hybridized carbons (Fsp3) is 1.00. The third kappa shape index (κ3) is 22.2. The van der Waals surface area contributed by atoms with E-state index in [1.165, 1.54) is 51.4 Å². The molecule has 1 unspecified atom stereocenters. The van der Waals surface area contributed by atoms with Gasteiger partial charge in [-0.2, -0.15) is 0 Å². The topological polar surface area (TPSA) is 77.4 Å². The second-order valence-corrected chi connectivity index (χ2v) is 9.72. The molecule has 0 amide bonds. The number of unbranched alkanes of at least 4 members (excludes halogenated alkanes) is 15. The van der Waals surface area contributed by atoms with Crippen molar-refractivity contribution in [1.29, 1.82) is 0 Å². The maximum atomic E-state index is 11.5. The molecular formula is C22H45KO4S. The Labute approximate surface area is 218 Å². The quantitative estimate of drug-likeness (QED) is 0.167. The molecule has 0 radical (unpaired) electrons. The van der Waals surface area contributed by atoms with Gasteiger partial charge >= 0.3 is 51.4 Å².